The lowest BCUT2D eigenvalue weighted by Gasteiger charge is -2.19. The van der Waals surface area contributed by atoms with Crippen molar-refractivity contribution in [2.45, 2.75) is 18.0 Å². The van der Waals surface area contributed by atoms with Crippen LogP contribution in [0.3, 0.4) is 0 Å². The number of rotatable bonds is 4. The Hall–Kier alpha value is -1.41. The summed E-state index contributed by atoms with van der Waals surface area (Å²) in [5.41, 5.74) is 0.234. The zero-order valence-electron chi connectivity index (χ0n) is 12.6. The molecule has 1 saturated heterocycles. The van der Waals surface area contributed by atoms with Crippen LogP contribution in [-0.4, -0.2) is 46.9 Å². The fourth-order valence-electron chi connectivity index (χ4n) is 2.67. The van der Waals surface area contributed by atoms with E-state index in [1.165, 1.54) is 23.9 Å². The molecule has 2 rings (SSSR count). The molecule has 4 nitrogen and oxygen atoms in total. The Balaban J connectivity index is 2.29. The third-order valence-electron chi connectivity index (χ3n) is 3.82. The molecule has 0 bridgehead atoms. The Morgan fingerprint density at radius 2 is 2.04 bits per heavy atom. The number of aliphatic carboxylic acids is 1. The van der Waals surface area contributed by atoms with E-state index in [-0.39, 0.29) is 5.56 Å². The number of carbonyl (C=O) groups excluding carboxylic acids is 1. The normalized spacial score (nSPS) is 21.1. The fraction of sp³-hybridized carbons (Fsp3) is 0.467. The molecule has 24 heavy (non-hydrogen) atoms. The van der Waals surface area contributed by atoms with E-state index in [4.69, 9.17) is 16.7 Å². The highest BCUT2D eigenvalue weighted by molar-refractivity contribution is 7.99. The lowest BCUT2D eigenvalue weighted by molar-refractivity contribution is -0.187. The number of benzene rings is 1. The van der Waals surface area contributed by atoms with E-state index in [2.05, 4.69) is 0 Å². The maximum absolute atomic E-state index is 13.0. The van der Waals surface area contributed by atoms with Crippen molar-refractivity contribution in [3.05, 3.63) is 28.8 Å². The van der Waals surface area contributed by atoms with Crippen molar-refractivity contribution in [2.24, 2.45) is 11.8 Å². The Morgan fingerprint density at radius 3 is 2.54 bits per heavy atom. The van der Waals surface area contributed by atoms with E-state index < -0.39 is 43.0 Å². The van der Waals surface area contributed by atoms with Crippen molar-refractivity contribution in [3.63, 3.8) is 0 Å². The number of thioether (sulfide) groups is 1. The second-order valence-corrected chi connectivity index (χ2v) is 7.12. The fourth-order valence-corrected chi connectivity index (χ4v) is 3.74. The highest BCUT2D eigenvalue weighted by atomic mass is 35.5. The van der Waals surface area contributed by atoms with Gasteiger partial charge in [0.1, 0.15) is 0 Å². The van der Waals surface area contributed by atoms with Crippen LogP contribution >= 0.6 is 23.4 Å². The number of carbonyl (C=O) groups is 2. The molecule has 1 aliphatic heterocycles. The van der Waals surface area contributed by atoms with Gasteiger partial charge in [-0.25, -0.2) is 0 Å². The first-order valence-corrected chi connectivity index (χ1v) is 8.52. The molecule has 0 unspecified atom stereocenters. The van der Waals surface area contributed by atoms with Gasteiger partial charge in [0.15, 0.2) is 0 Å². The number of nitrogens with zero attached hydrogens (tertiary/aromatic N) is 1. The van der Waals surface area contributed by atoms with Crippen molar-refractivity contribution in [1.82, 2.24) is 4.90 Å². The predicted molar refractivity (Wildman–Crippen MR) is 84.4 cm³/mol. The number of carboxylic acid groups (broad SMARTS) is 1. The number of alkyl halides is 3. The minimum Gasteiger partial charge on any atom is -0.481 e. The summed E-state index contributed by atoms with van der Waals surface area (Å²) in [6.45, 7) is 0.755. The molecule has 1 N–H and O–H groups in total. The summed E-state index contributed by atoms with van der Waals surface area (Å²) in [5, 5.41) is 9.45. The third-order valence-corrected chi connectivity index (χ3v) is 4.99. The zero-order valence-corrected chi connectivity index (χ0v) is 14.2. The molecule has 2 atom stereocenters. The second-order valence-electron chi connectivity index (χ2n) is 5.38. The first-order valence-electron chi connectivity index (χ1n) is 7.16. The van der Waals surface area contributed by atoms with Crippen LogP contribution in [0, 0.1) is 11.8 Å². The molecular formula is C15H15ClF3NO3S. The average Bonchev–Trinajstić information content (AvgIpc) is 2.92. The minimum atomic E-state index is -4.67. The number of hydrogen-bond donors (Lipinski definition) is 1. The second kappa shape index (κ2) is 7.23. The molecule has 1 amide bonds. The van der Waals surface area contributed by atoms with Crippen LogP contribution in [0.25, 0.3) is 0 Å². The van der Waals surface area contributed by atoms with Gasteiger partial charge >= 0.3 is 12.1 Å². The highest BCUT2D eigenvalue weighted by Crippen LogP contribution is 2.39. The minimum absolute atomic E-state index is 0.234. The molecule has 1 aromatic rings. The Bertz CT molecular complexity index is 653. The number of amides is 1. The topological polar surface area (TPSA) is 57.6 Å². The molecule has 1 aromatic carbocycles. The van der Waals surface area contributed by atoms with Gasteiger partial charge in [0.25, 0.3) is 5.91 Å². The maximum atomic E-state index is 13.0. The lowest BCUT2D eigenvalue weighted by atomic mass is 9.96. The van der Waals surface area contributed by atoms with Crippen molar-refractivity contribution >= 4 is 35.2 Å². The van der Waals surface area contributed by atoms with Gasteiger partial charge in [0.05, 0.1) is 17.4 Å². The summed E-state index contributed by atoms with van der Waals surface area (Å²) in [6.07, 6.45) is -4.67. The Labute approximate surface area is 146 Å². The summed E-state index contributed by atoms with van der Waals surface area (Å²) < 4.78 is 39.1. The van der Waals surface area contributed by atoms with Gasteiger partial charge in [-0.1, -0.05) is 18.5 Å². The number of carboxylic acids is 1. The van der Waals surface area contributed by atoms with E-state index in [1.54, 1.807) is 6.07 Å². The largest absolute Gasteiger partial charge is 0.481 e. The van der Waals surface area contributed by atoms with Crippen LogP contribution in [0.5, 0.6) is 0 Å². The summed E-state index contributed by atoms with van der Waals surface area (Å²) in [5.74, 6) is -5.21. The van der Waals surface area contributed by atoms with Gasteiger partial charge in [0, 0.05) is 23.0 Å². The summed E-state index contributed by atoms with van der Waals surface area (Å²) in [7, 11) is 0. The smallest absolute Gasteiger partial charge is 0.394 e. The van der Waals surface area contributed by atoms with Crippen LogP contribution in [0.15, 0.2) is 23.1 Å². The predicted octanol–water partition coefficient (Wildman–Crippen LogP) is 3.79. The van der Waals surface area contributed by atoms with Gasteiger partial charge in [-0.2, -0.15) is 13.2 Å². The molecule has 0 saturated carbocycles. The molecular weight excluding hydrogens is 367 g/mol. The molecule has 1 fully saturated rings. The lowest BCUT2D eigenvalue weighted by Crippen LogP contribution is -2.34. The maximum Gasteiger partial charge on any atom is 0.394 e. The molecule has 132 valence electrons. The van der Waals surface area contributed by atoms with Crippen LogP contribution < -0.4 is 0 Å². The zero-order chi connectivity index (χ0) is 18.1. The van der Waals surface area contributed by atoms with E-state index >= 15 is 0 Å². The molecule has 0 spiro atoms. The summed E-state index contributed by atoms with van der Waals surface area (Å²) in [4.78, 5) is 25.2. The van der Waals surface area contributed by atoms with Crippen molar-refractivity contribution < 1.29 is 27.9 Å². The van der Waals surface area contributed by atoms with Gasteiger partial charge in [-0.05, 0) is 24.0 Å². The number of likely N-dealkylation sites (tertiary alicyclic amines) is 1. The molecule has 1 heterocycles. The molecule has 0 aromatic heterocycles. The van der Waals surface area contributed by atoms with Gasteiger partial charge in [0.2, 0.25) is 0 Å². The van der Waals surface area contributed by atoms with Crippen molar-refractivity contribution in [1.29, 1.82) is 0 Å². The number of hydrogen-bond acceptors (Lipinski definition) is 3. The standard InChI is InChI=1S/C15H15ClF3NO3S/c1-2-24-12-5-8(16)3-4-9(12)13(21)20-6-10(14(22)23)11(7-20)15(17,18)19/h3-5,10-11H,2,6-7H2,1H3,(H,22,23)/t10-,11-/m1/s1. The number of halogens is 4. The molecule has 9 heteroatoms. The van der Waals surface area contributed by atoms with Crippen molar-refractivity contribution in [3.8, 4) is 0 Å². The monoisotopic (exact) mass is 381 g/mol. The van der Waals surface area contributed by atoms with Gasteiger partial charge < -0.3 is 10.0 Å². The first kappa shape index (κ1) is 18.9. The highest BCUT2D eigenvalue weighted by Gasteiger charge is 2.53. The summed E-state index contributed by atoms with van der Waals surface area (Å²) in [6, 6.07) is 4.52. The van der Waals surface area contributed by atoms with E-state index in [0.717, 1.165) is 4.90 Å². The van der Waals surface area contributed by atoms with E-state index in [9.17, 15) is 22.8 Å². The quantitative estimate of drug-likeness (QED) is 0.806. The van der Waals surface area contributed by atoms with Crippen LogP contribution in [-0.2, 0) is 4.79 Å². The van der Waals surface area contributed by atoms with Crippen molar-refractivity contribution in [2.75, 3.05) is 18.8 Å². The van der Waals surface area contributed by atoms with Crippen LogP contribution in [0.4, 0.5) is 13.2 Å². The van der Waals surface area contributed by atoms with Crippen LogP contribution in [0.1, 0.15) is 17.3 Å². The van der Waals surface area contributed by atoms with E-state index in [0.29, 0.717) is 15.7 Å². The summed E-state index contributed by atoms with van der Waals surface area (Å²) >= 11 is 7.25. The Kier molecular flexibility index (Phi) is 5.70. The Morgan fingerprint density at radius 1 is 1.38 bits per heavy atom. The van der Waals surface area contributed by atoms with Gasteiger partial charge in [-0.3, -0.25) is 9.59 Å². The van der Waals surface area contributed by atoms with Gasteiger partial charge in [-0.15, -0.1) is 11.8 Å². The van der Waals surface area contributed by atoms with Crippen LogP contribution in [0.2, 0.25) is 5.02 Å². The third kappa shape index (κ3) is 3.97. The molecule has 0 aliphatic carbocycles. The molecule has 1 aliphatic rings. The SMILES string of the molecule is CCSc1cc(Cl)ccc1C(=O)N1C[C@@H](C(F)(F)F)[C@H](C(=O)O)C1. The first-order chi connectivity index (χ1) is 11.1. The average molecular weight is 382 g/mol. The molecule has 0 radical (unpaired) electrons. The van der Waals surface area contributed by atoms with E-state index in [1.807, 2.05) is 6.92 Å².